The van der Waals surface area contributed by atoms with E-state index in [2.05, 4.69) is 4.72 Å². The van der Waals surface area contributed by atoms with Gasteiger partial charge in [-0.05, 0) is 42.0 Å². The zero-order valence-corrected chi connectivity index (χ0v) is 15.8. The Kier molecular flexibility index (Phi) is 5.52. The molecule has 1 saturated heterocycles. The fourth-order valence-electron chi connectivity index (χ4n) is 2.69. The third kappa shape index (κ3) is 4.15. The fourth-order valence-corrected chi connectivity index (χ4v) is 3.70. The Balaban J connectivity index is 1.70. The zero-order valence-electron chi connectivity index (χ0n) is 15.0. The van der Waals surface area contributed by atoms with Gasteiger partial charge in [0.05, 0.1) is 25.7 Å². The van der Waals surface area contributed by atoms with Crippen LogP contribution >= 0.6 is 0 Å². The van der Waals surface area contributed by atoms with Crippen molar-refractivity contribution in [3.8, 4) is 11.5 Å². The van der Waals surface area contributed by atoms with Crippen LogP contribution in [0.5, 0.6) is 11.5 Å². The average Bonchev–Trinajstić information content (AvgIpc) is 3.12. The number of cyclic esters (lactones) is 1. The Labute approximate surface area is 157 Å². The minimum absolute atomic E-state index is 0.100. The van der Waals surface area contributed by atoms with Crippen molar-refractivity contribution >= 4 is 21.8 Å². The fraction of sp³-hybridized carbons (Fsp3) is 0.278. The number of rotatable bonds is 7. The van der Waals surface area contributed by atoms with Crippen LogP contribution < -0.4 is 19.1 Å². The van der Waals surface area contributed by atoms with Gasteiger partial charge >= 0.3 is 6.09 Å². The first-order valence-electron chi connectivity index (χ1n) is 8.19. The van der Waals surface area contributed by atoms with Crippen LogP contribution in [0.15, 0.2) is 47.4 Å². The Hall–Kier alpha value is -2.78. The van der Waals surface area contributed by atoms with E-state index in [9.17, 15) is 13.2 Å². The van der Waals surface area contributed by atoms with Gasteiger partial charge in [-0.25, -0.2) is 17.9 Å². The second-order valence-corrected chi connectivity index (χ2v) is 7.54. The molecule has 1 aliphatic rings. The van der Waals surface area contributed by atoms with Gasteiger partial charge in [-0.2, -0.15) is 0 Å². The topological polar surface area (TPSA) is 94.2 Å². The maximum atomic E-state index is 12.5. The van der Waals surface area contributed by atoms with Crippen LogP contribution in [0.2, 0.25) is 0 Å². The number of nitrogens with one attached hydrogen (secondary N) is 1. The number of amides is 1. The molecule has 0 aliphatic carbocycles. The van der Waals surface area contributed by atoms with Crippen molar-refractivity contribution in [1.29, 1.82) is 0 Å². The number of methoxy groups -OCH3 is 2. The number of carbonyl (C=O) groups excluding carboxylic acids is 1. The molecule has 0 unspecified atom stereocenters. The number of hydrogen-bond donors (Lipinski definition) is 1. The highest BCUT2D eigenvalue weighted by Gasteiger charge is 2.24. The molecule has 27 heavy (non-hydrogen) atoms. The second-order valence-electron chi connectivity index (χ2n) is 5.77. The lowest BCUT2D eigenvalue weighted by Gasteiger charge is -2.14. The predicted octanol–water partition coefficient (Wildman–Crippen LogP) is 2.14. The first-order valence-corrected chi connectivity index (χ1v) is 9.68. The van der Waals surface area contributed by atoms with Crippen molar-refractivity contribution in [3.63, 3.8) is 0 Å². The van der Waals surface area contributed by atoms with Gasteiger partial charge in [-0.15, -0.1) is 0 Å². The summed E-state index contributed by atoms with van der Waals surface area (Å²) in [5.41, 5.74) is 1.32. The minimum atomic E-state index is -3.70. The SMILES string of the molecule is COc1ccc(CNS(=O)(=O)c2ccc(N3CCOC3=O)cc2)cc1OC. The summed E-state index contributed by atoms with van der Waals surface area (Å²) in [7, 11) is -0.653. The van der Waals surface area contributed by atoms with Crippen molar-refractivity contribution in [2.75, 3.05) is 32.3 Å². The Morgan fingerprint density at radius 2 is 1.78 bits per heavy atom. The lowest BCUT2D eigenvalue weighted by Crippen LogP contribution is -2.24. The Bertz CT molecular complexity index is 927. The quantitative estimate of drug-likeness (QED) is 0.776. The molecule has 0 aromatic heterocycles. The second kappa shape index (κ2) is 7.85. The summed E-state index contributed by atoms with van der Waals surface area (Å²) in [6.07, 6.45) is -0.433. The summed E-state index contributed by atoms with van der Waals surface area (Å²) in [6, 6.07) is 11.3. The highest BCUT2D eigenvalue weighted by atomic mass is 32.2. The highest BCUT2D eigenvalue weighted by Crippen LogP contribution is 2.27. The van der Waals surface area contributed by atoms with Gasteiger partial charge in [0.2, 0.25) is 10.0 Å². The molecule has 8 nitrogen and oxygen atoms in total. The molecule has 0 atom stereocenters. The van der Waals surface area contributed by atoms with Crippen molar-refractivity contribution in [3.05, 3.63) is 48.0 Å². The van der Waals surface area contributed by atoms with Gasteiger partial charge < -0.3 is 14.2 Å². The van der Waals surface area contributed by atoms with Crippen LogP contribution in [-0.2, 0) is 21.3 Å². The number of carbonyl (C=O) groups is 1. The zero-order chi connectivity index (χ0) is 19.4. The normalized spacial score (nSPS) is 14.1. The molecule has 1 N–H and O–H groups in total. The smallest absolute Gasteiger partial charge is 0.414 e. The molecule has 1 fully saturated rings. The molecule has 0 bridgehead atoms. The first-order chi connectivity index (χ1) is 12.9. The van der Waals surface area contributed by atoms with E-state index in [-0.39, 0.29) is 11.4 Å². The van der Waals surface area contributed by atoms with E-state index >= 15 is 0 Å². The standard InChI is InChI=1S/C18H20N2O6S/c1-24-16-8-3-13(11-17(16)25-2)12-19-27(22,23)15-6-4-14(5-7-15)20-9-10-26-18(20)21/h3-8,11,19H,9-10,12H2,1-2H3. The lowest BCUT2D eigenvalue weighted by atomic mass is 10.2. The predicted molar refractivity (Wildman–Crippen MR) is 98.7 cm³/mol. The molecule has 0 saturated carbocycles. The van der Waals surface area contributed by atoms with Crippen LogP contribution in [0, 0.1) is 0 Å². The maximum absolute atomic E-state index is 12.5. The molecule has 1 aliphatic heterocycles. The van der Waals surface area contributed by atoms with E-state index in [1.165, 1.54) is 31.3 Å². The van der Waals surface area contributed by atoms with Crippen molar-refractivity contribution in [2.24, 2.45) is 0 Å². The molecule has 2 aromatic carbocycles. The molecule has 1 amide bonds. The molecule has 3 rings (SSSR count). The third-order valence-corrected chi connectivity index (χ3v) is 5.55. The molecule has 9 heteroatoms. The van der Waals surface area contributed by atoms with E-state index in [0.717, 1.165) is 5.56 Å². The lowest BCUT2D eigenvalue weighted by molar-refractivity contribution is 0.181. The highest BCUT2D eigenvalue weighted by molar-refractivity contribution is 7.89. The summed E-state index contributed by atoms with van der Waals surface area (Å²) in [6.45, 7) is 0.872. The number of anilines is 1. The van der Waals surface area contributed by atoms with Crippen molar-refractivity contribution < 1.29 is 27.4 Å². The Morgan fingerprint density at radius 3 is 2.37 bits per heavy atom. The maximum Gasteiger partial charge on any atom is 0.414 e. The molecule has 2 aromatic rings. The van der Waals surface area contributed by atoms with E-state index < -0.39 is 16.1 Å². The van der Waals surface area contributed by atoms with Gasteiger partial charge in [0.1, 0.15) is 6.61 Å². The number of benzene rings is 2. The summed E-state index contributed by atoms with van der Waals surface area (Å²) < 4.78 is 42.8. The summed E-state index contributed by atoms with van der Waals surface area (Å²) in [5.74, 6) is 1.09. The molecule has 144 valence electrons. The number of ether oxygens (including phenoxy) is 3. The monoisotopic (exact) mass is 392 g/mol. The summed E-state index contributed by atoms with van der Waals surface area (Å²) in [4.78, 5) is 13.1. The van der Waals surface area contributed by atoms with Gasteiger partial charge in [0, 0.05) is 12.2 Å². The summed E-state index contributed by atoms with van der Waals surface area (Å²) >= 11 is 0. The van der Waals surface area contributed by atoms with E-state index in [0.29, 0.717) is 30.3 Å². The first kappa shape index (κ1) is 19.0. The van der Waals surface area contributed by atoms with Crippen LogP contribution in [-0.4, -0.2) is 41.9 Å². The van der Waals surface area contributed by atoms with Gasteiger partial charge in [0.25, 0.3) is 0 Å². The van der Waals surface area contributed by atoms with Crippen molar-refractivity contribution in [2.45, 2.75) is 11.4 Å². The summed E-state index contributed by atoms with van der Waals surface area (Å²) in [5, 5.41) is 0. The van der Waals surface area contributed by atoms with E-state index in [4.69, 9.17) is 14.2 Å². The average molecular weight is 392 g/mol. The molecule has 1 heterocycles. The van der Waals surface area contributed by atoms with Crippen molar-refractivity contribution in [1.82, 2.24) is 4.72 Å². The van der Waals surface area contributed by atoms with E-state index in [1.54, 1.807) is 30.3 Å². The van der Waals surface area contributed by atoms with Gasteiger partial charge in [0.15, 0.2) is 11.5 Å². The van der Waals surface area contributed by atoms with Crippen LogP contribution in [0.25, 0.3) is 0 Å². The van der Waals surface area contributed by atoms with E-state index in [1.807, 2.05) is 0 Å². The van der Waals surface area contributed by atoms with Gasteiger partial charge in [-0.3, -0.25) is 4.90 Å². The molecule has 0 radical (unpaired) electrons. The molecule has 0 spiro atoms. The minimum Gasteiger partial charge on any atom is -0.493 e. The van der Waals surface area contributed by atoms with Crippen LogP contribution in [0.4, 0.5) is 10.5 Å². The van der Waals surface area contributed by atoms with Crippen LogP contribution in [0.1, 0.15) is 5.56 Å². The number of nitrogens with zero attached hydrogens (tertiary/aromatic N) is 1. The molecular formula is C18H20N2O6S. The molecular weight excluding hydrogens is 372 g/mol. The third-order valence-electron chi connectivity index (χ3n) is 4.13. The van der Waals surface area contributed by atoms with Gasteiger partial charge in [-0.1, -0.05) is 6.07 Å². The largest absolute Gasteiger partial charge is 0.493 e. The number of sulfonamides is 1. The van der Waals surface area contributed by atoms with Crippen LogP contribution in [0.3, 0.4) is 0 Å². The number of hydrogen-bond acceptors (Lipinski definition) is 6. The Morgan fingerprint density at radius 1 is 1.07 bits per heavy atom.